The zero-order chi connectivity index (χ0) is 15.1. The Balaban J connectivity index is 2.95. The third-order valence-corrected chi connectivity index (χ3v) is 4.49. The zero-order valence-corrected chi connectivity index (χ0v) is 14.6. The average Bonchev–Trinajstić information content (AvgIpc) is 2.46. The summed E-state index contributed by atoms with van der Waals surface area (Å²) < 4.78 is 6.27. The van der Waals surface area contributed by atoms with Crippen molar-refractivity contribution in [2.75, 3.05) is 26.7 Å². The number of hydrogen-bond acceptors (Lipinski definition) is 3. The number of benzene rings is 1. The van der Waals surface area contributed by atoms with Crippen LogP contribution in [0.4, 0.5) is 0 Å². The van der Waals surface area contributed by atoms with Crippen molar-refractivity contribution in [3.05, 3.63) is 28.2 Å². The van der Waals surface area contributed by atoms with Crippen LogP contribution in [0.25, 0.3) is 0 Å². The van der Waals surface area contributed by atoms with Gasteiger partial charge in [-0.2, -0.15) is 0 Å². The molecule has 0 aliphatic heterocycles. The normalized spacial score (nSPS) is 14.3. The lowest BCUT2D eigenvalue weighted by molar-refractivity contribution is 0.182. The van der Waals surface area contributed by atoms with Crippen LogP contribution in [0.15, 0.2) is 22.7 Å². The van der Waals surface area contributed by atoms with Crippen LogP contribution >= 0.6 is 15.9 Å². The van der Waals surface area contributed by atoms with Crippen LogP contribution in [-0.2, 0) is 0 Å². The number of nitrogens with two attached hydrogens (primary N) is 1. The summed E-state index contributed by atoms with van der Waals surface area (Å²) in [4.78, 5) is 2.46. The number of hydrogen-bond donors (Lipinski definition) is 1. The van der Waals surface area contributed by atoms with E-state index in [0.29, 0.717) is 12.5 Å². The van der Waals surface area contributed by atoms with Crippen molar-refractivity contribution in [2.45, 2.75) is 33.2 Å². The van der Waals surface area contributed by atoms with Crippen molar-refractivity contribution >= 4 is 15.9 Å². The second-order valence-electron chi connectivity index (χ2n) is 5.25. The van der Waals surface area contributed by atoms with Gasteiger partial charge in [-0.1, -0.05) is 33.3 Å². The van der Waals surface area contributed by atoms with E-state index in [0.717, 1.165) is 23.3 Å². The van der Waals surface area contributed by atoms with Crippen LogP contribution in [-0.4, -0.2) is 31.6 Å². The number of nitrogens with zero attached hydrogens (tertiary/aromatic N) is 1. The number of halogens is 1. The molecule has 4 heteroatoms. The molecule has 0 saturated heterocycles. The molecule has 2 N–H and O–H groups in total. The van der Waals surface area contributed by atoms with Gasteiger partial charge in [-0.15, -0.1) is 0 Å². The van der Waals surface area contributed by atoms with E-state index in [2.05, 4.69) is 53.7 Å². The summed E-state index contributed by atoms with van der Waals surface area (Å²) in [5.41, 5.74) is 7.27. The molecule has 1 rings (SSSR count). The molecule has 0 amide bonds. The standard InChI is InChI=1S/C16H27BrN2O/c1-5-12(3)11-19(6-2)15(10-18)13-7-8-16(20-4)14(17)9-13/h7-9,12,15H,5-6,10-11,18H2,1-4H3. The van der Waals surface area contributed by atoms with Crippen molar-refractivity contribution < 1.29 is 4.74 Å². The van der Waals surface area contributed by atoms with Gasteiger partial charge in [0.15, 0.2) is 0 Å². The molecule has 20 heavy (non-hydrogen) atoms. The number of ether oxygens (including phenoxy) is 1. The van der Waals surface area contributed by atoms with E-state index in [4.69, 9.17) is 10.5 Å². The van der Waals surface area contributed by atoms with Gasteiger partial charge in [0.1, 0.15) is 5.75 Å². The van der Waals surface area contributed by atoms with E-state index < -0.39 is 0 Å². The first-order chi connectivity index (χ1) is 9.57. The summed E-state index contributed by atoms with van der Waals surface area (Å²) in [6.07, 6.45) is 1.19. The lowest BCUT2D eigenvalue weighted by atomic mass is 10.0. The summed E-state index contributed by atoms with van der Waals surface area (Å²) in [5, 5.41) is 0. The van der Waals surface area contributed by atoms with Gasteiger partial charge in [-0.3, -0.25) is 4.90 Å². The average molecular weight is 343 g/mol. The topological polar surface area (TPSA) is 38.5 Å². The third kappa shape index (κ3) is 4.47. The van der Waals surface area contributed by atoms with Crippen LogP contribution < -0.4 is 10.5 Å². The Hall–Kier alpha value is -0.580. The largest absolute Gasteiger partial charge is 0.496 e. The molecule has 0 heterocycles. The molecule has 0 aliphatic rings. The Morgan fingerprint density at radius 1 is 1.35 bits per heavy atom. The quantitative estimate of drug-likeness (QED) is 0.780. The number of rotatable bonds is 8. The van der Waals surface area contributed by atoms with Gasteiger partial charge in [0, 0.05) is 19.1 Å². The van der Waals surface area contributed by atoms with Crippen molar-refractivity contribution in [1.29, 1.82) is 0 Å². The van der Waals surface area contributed by atoms with Gasteiger partial charge in [0.2, 0.25) is 0 Å². The molecule has 1 aromatic rings. The van der Waals surface area contributed by atoms with Crippen molar-refractivity contribution in [2.24, 2.45) is 11.7 Å². The Morgan fingerprint density at radius 2 is 2.05 bits per heavy atom. The van der Waals surface area contributed by atoms with Crippen LogP contribution in [0.1, 0.15) is 38.8 Å². The summed E-state index contributed by atoms with van der Waals surface area (Å²) in [6.45, 7) is 9.45. The monoisotopic (exact) mass is 342 g/mol. The Bertz CT molecular complexity index is 411. The summed E-state index contributed by atoms with van der Waals surface area (Å²) in [6, 6.07) is 6.49. The summed E-state index contributed by atoms with van der Waals surface area (Å²) in [5.74, 6) is 1.54. The minimum absolute atomic E-state index is 0.260. The molecule has 0 bridgehead atoms. The van der Waals surface area contributed by atoms with E-state index >= 15 is 0 Å². The van der Waals surface area contributed by atoms with Crippen molar-refractivity contribution in [1.82, 2.24) is 4.90 Å². The predicted octanol–water partition coefficient (Wildman–Crippen LogP) is 3.83. The Morgan fingerprint density at radius 3 is 2.50 bits per heavy atom. The lowest BCUT2D eigenvalue weighted by Crippen LogP contribution is -2.36. The van der Waals surface area contributed by atoms with E-state index in [1.807, 2.05) is 6.07 Å². The van der Waals surface area contributed by atoms with Gasteiger partial charge in [-0.25, -0.2) is 0 Å². The fourth-order valence-electron chi connectivity index (χ4n) is 2.39. The number of likely N-dealkylation sites (N-methyl/N-ethyl adjacent to an activating group) is 1. The predicted molar refractivity (Wildman–Crippen MR) is 89.2 cm³/mol. The molecule has 3 nitrogen and oxygen atoms in total. The fraction of sp³-hybridized carbons (Fsp3) is 0.625. The molecule has 0 radical (unpaired) electrons. The van der Waals surface area contributed by atoms with Crippen molar-refractivity contribution in [3.63, 3.8) is 0 Å². The van der Waals surface area contributed by atoms with Crippen LogP contribution in [0.5, 0.6) is 5.75 Å². The maximum atomic E-state index is 6.03. The molecule has 2 atom stereocenters. The molecule has 1 aromatic carbocycles. The highest BCUT2D eigenvalue weighted by atomic mass is 79.9. The third-order valence-electron chi connectivity index (χ3n) is 3.87. The van der Waals surface area contributed by atoms with E-state index in [1.165, 1.54) is 12.0 Å². The lowest BCUT2D eigenvalue weighted by Gasteiger charge is -2.32. The minimum Gasteiger partial charge on any atom is -0.496 e. The highest BCUT2D eigenvalue weighted by Gasteiger charge is 2.20. The maximum absolute atomic E-state index is 6.03. The Kier molecular flexibility index (Phi) is 7.56. The second-order valence-corrected chi connectivity index (χ2v) is 6.10. The van der Waals surface area contributed by atoms with Gasteiger partial charge in [-0.05, 0) is 46.1 Å². The molecule has 0 spiro atoms. The molecule has 0 aromatic heterocycles. The first-order valence-corrected chi connectivity index (χ1v) is 8.14. The maximum Gasteiger partial charge on any atom is 0.133 e. The zero-order valence-electron chi connectivity index (χ0n) is 13.0. The van der Waals surface area contributed by atoms with E-state index in [9.17, 15) is 0 Å². The molecule has 0 aliphatic carbocycles. The van der Waals surface area contributed by atoms with Gasteiger partial charge in [0.05, 0.1) is 11.6 Å². The van der Waals surface area contributed by atoms with Crippen LogP contribution in [0.2, 0.25) is 0 Å². The molecule has 114 valence electrons. The number of methoxy groups -OCH3 is 1. The van der Waals surface area contributed by atoms with Crippen LogP contribution in [0, 0.1) is 5.92 Å². The molecule has 0 fully saturated rings. The highest BCUT2D eigenvalue weighted by Crippen LogP contribution is 2.30. The fourth-order valence-corrected chi connectivity index (χ4v) is 2.95. The second kappa shape index (κ2) is 8.65. The molecule has 0 saturated carbocycles. The molecular formula is C16H27BrN2O. The van der Waals surface area contributed by atoms with Gasteiger partial charge in [0.25, 0.3) is 0 Å². The molecule has 2 unspecified atom stereocenters. The van der Waals surface area contributed by atoms with Crippen LogP contribution in [0.3, 0.4) is 0 Å². The highest BCUT2D eigenvalue weighted by molar-refractivity contribution is 9.10. The summed E-state index contributed by atoms with van der Waals surface area (Å²) in [7, 11) is 1.68. The first kappa shape index (κ1) is 17.5. The SMILES string of the molecule is CCC(C)CN(CC)C(CN)c1ccc(OC)c(Br)c1. The van der Waals surface area contributed by atoms with E-state index in [-0.39, 0.29) is 6.04 Å². The van der Waals surface area contributed by atoms with Gasteiger partial charge < -0.3 is 10.5 Å². The van der Waals surface area contributed by atoms with E-state index in [1.54, 1.807) is 7.11 Å². The smallest absolute Gasteiger partial charge is 0.133 e. The first-order valence-electron chi connectivity index (χ1n) is 7.34. The Labute approximate surface area is 131 Å². The van der Waals surface area contributed by atoms with Crippen molar-refractivity contribution in [3.8, 4) is 5.75 Å². The molecular weight excluding hydrogens is 316 g/mol. The van der Waals surface area contributed by atoms with Gasteiger partial charge >= 0.3 is 0 Å². The summed E-state index contributed by atoms with van der Waals surface area (Å²) >= 11 is 3.56. The minimum atomic E-state index is 0.260.